The SMILES string of the molecule is CCC(c1cccc(C#N)c1)n1c(CC2CC2)nc(=O)c(S(=O)(=O)c2ccc(-c3ccncc3C#N)cc2)c1O. The second kappa shape index (κ2) is 10.8. The predicted molar refractivity (Wildman–Crippen MR) is 146 cm³/mol. The van der Waals surface area contributed by atoms with Gasteiger partial charge in [-0.1, -0.05) is 31.2 Å². The van der Waals surface area contributed by atoms with Gasteiger partial charge in [-0.15, -0.1) is 0 Å². The van der Waals surface area contributed by atoms with Crippen LogP contribution in [0.25, 0.3) is 11.1 Å². The van der Waals surface area contributed by atoms with E-state index < -0.39 is 32.2 Å². The van der Waals surface area contributed by atoms with Crippen LogP contribution in [-0.4, -0.2) is 28.1 Å². The van der Waals surface area contributed by atoms with Crippen LogP contribution in [-0.2, 0) is 16.3 Å². The quantitative estimate of drug-likeness (QED) is 0.335. The molecule has 1 N–H and O–H groups in total. The molecule has 1 aliphatic carbocycles. The van der Waals surface area contributed by atoms with Gasteiger partial charge in [-0.2, -0.15) is 15.5 Å². The molecule has 0 spiro atoms. The summed E-state index contributed by atoms with van der Waals surface area (Å²) in [5.41, 5.74) is 1.62. The third-order valence-electron chi connectivity index (χ3n) is 7.09. The Morgan fingerprint density at radius 2 is 1.85 bits per heavy atom. The number of benzene rings is 2. The van der Waals surface area contributed by atoms with Crippen molar-refractivity contribution in [1.29, 1.82) is 10.5 Å². The standard InChI is InChI=1S/C30H25N5O4S/c1-2-26(22-5-3-4-20(14-22)16-31)35-27(15-19-6-7-19)34-29(36)28(30(35)37)40(38,39)24-10-8-21(9-11-24)25-12-13-33-18-23(25)17-32/h3-5,8-14,18-19,26,37H,2,6-7,15H2,1H3. The van der Waals surface area contributed by atoms with Crippen LogP contribution in [0.5, 0.6) is 5.88 Å². The number of hydrogen-bond acceptors (Lipinski definition) is 8. The summed E-state index contributed by atoms with van der Waals surface area (Å²) in [6, 6.07) is 17.9. The highest BCUT2D eigenvalue weighted by Gasteiger charge is 2.34. The van der Waals surface area contributed by atoms with Crippen LogP contribution in [0.3, 0.4) is 0 Å². The van der Waals surface area contributed by atoms with Crippen molar-refractivity contribution in [3.05, 3.63) is 99.9 Å². The second-order valence-corrected chi connectivity index (χ2v) is 11.6. The molecule has 1 fully saturated rings. The van der Waals surface area contributed by atoms with Gasteiger partial charge in [0, 0.05) is 24.4 Å². The maximum absolute atomic E-state index is 13.8. The van der Waals surface area contributed by atoms with Crippen LogP contribution in [0, 0.1) is 28.6 Å². The van der Waals surface area contributed by atoms with Crippen LogP contribution in [0.15, 0.2) is 81.6 Å². The van der Waals surface area contributed by atoms with Crippen molar-refractivity contribution in [1.82, 2.24) is 14.5 Å². The minimum absolute atomic E-state index is 0.195. The van der Waals surface area contributed by atoms with Gasteiger partial charge in [0.2, 0.25) is 15.7 Å². The highest BCUT2D eigenvalue weighted by Crippen LogP contribution is 2.37. The summed E-state index contributed by atoms with van der Waals surface area (Å²) >= 11 is 0. The Morgan fingerprint density at radius 3 is 2.50 bits per heavy atom. The molecule has 2 heterocycles. The van der Waals surface area contributed by atoms with Crippen LogP contribution in [0.2, 0.25) is 0 Å². The van der Waals surface area contributed by atoms with Crippen molar-refractivity contribution in [2.45, 2.75) is 48.4 Å². The summed E-state index contributed by atoms with van der Waals surface area (Å²) in [4.78, 5) is 20.3. The number of aromatic nitrogens is 3. The van der Waals surface area contributed by atoms with Crippen LogP contribution >= 0.6 is 0 Å². The molecule has 1 atom stereocenters. The van der Waals surface area contributed by atoms with E-state index in [2.05, 4.69) is 22.1 Å². The third kappa shape index (κ3) is 4.97. The van der Waals surface area contributed by atoms with Crippen molar-refractivity contribution < 1.29 is 13.5 Å². The molecular weight excluding hydrogens is 526 g/mol. The van der Waals surface area contributed by atoms with E-state index in [1.807, 2.05) is 6.92 Å². The summed E-state index contributed by atoms with van der Waals surface area (Å²) in [6.07, 6.45) is 5.77. The zero-order valence-corrected chi connectivity index (χ0v) is 22.5. The Labute approximate surface area is 231 Å². The Hall–Kier alpha value is -4.80. The van der Waals surface area contributed by atoms with E-state index in [0.29, 0.717) is 52.4 Å². The van der Waals surface area contributed by atoms with Gasteiger partial charge in [-0.05, 0) is 66.6 Å². The Bertz CT molecular complexity index is 1850. The first-order valence-corrected chi connectivity index (χ1v) is 14.3. The summed E-state index contributed by atoms with van der Waals surface area (Å²) in [7, 11) is -4.48. The topological polar surface area (TPSA) is 150 Å². The summed E-state index contributed by atoms with van der Waals surface area (Å²) in [5.74, 6) is -0.0490. The largest absolute Gasteiger partial charge is 0.493 e. The van der Waals surface area contributed by atoms with E-state index in [0.717, 1.165) is 12.8 Å². The first kappa shape index (κ1) is 26.8. The monoisotopic (exact) mass is 551 g/mol. The Kier molecular flexibility index (Phi) is 7.20. The molecule has 9 nitrogen and oxygen atoms in total. The summed E-state index contributed by atoms with van der Waals surface area (Å²) in [6.45, 7) is 1.88. The van der Waals surface area contributed by atoms with Gasteiger partial charge in [0.15, 0.2) is 4.90 Å². The van der Waals surface area contributed by atoms with Crippen LogP contribution < -0.4 is 5.56 Å². The predicted octanol–water partition coefficient (Wildman–Crippen LogP) is 4.54. The number of nitrogens with zero attached hydrogens (tertiary/aromatic N) is 5. The van der Waals surface area contributed by atoms with E-state index in [1.54, 1.807) is 30.3 Å². The van der Waals surface area contributed by atoms with Gasteiger partial charge in [0.05, 0.1) is 28.1 Å². The van der Waals surface area contributed by atoms with Gasteiger partial charge in [0.25, 0.3) is 5.56 Å². The number of aromatic hydroxyl groups is 1. The number of rotatable bonds is 8. The molecule has 0 saturated heterocycles. The number of hydrogen-bond donors (Lipinski definition) is 1. The van der Waals surface area contributed by atoms with Crippen molar-refractivity contribution in [2.24, 2.45) is 5.92 Å². The fourth-order valence-electron chi connectivity index (χ4n) is 4.89. The average Bonchev–Trinajstić information content (AvgIpc) is 3.79. The normalized spacial score (nSPS) is 13.8. The number of nitriles is 2. The van der Waals surface area contributed by atoms with E-state index in [1.165, 1.54) is 41.2 Å². The van der Waals surface area contributed by atoms with Crippen molar-refractivity contribution in [2.75, 3.05) is 0 Å². The lowest BCUT2D eigenvalue weighted by molar-refractivity contribution is 0.357. The molecule has 200 valence electrons. The Balaban J connectivity index is 1.64. The fourth-order valence-corrected chi connectivity index (χ4v) is 6.23. The molecule has 2 aromatic carbocycles. The molecule has 0 bridgehead atoms. The van der Waals surface area contributed by atoms with Crippen LogP contribution in [0.1, 0.15) is 54.7 Å². The maximum atomic E-state index is 13.8. The van der Waals surface area contributed by atoms with E-state index >= 15 is 0 Å². The van der Waals surface area contributed by atoms with Gasteiger partial charge in [0.1, 0.15) is 11.9 Å². The lowest BCUT2D eigenvalue weighted by Crippen LogP contribution is -2.27. The molecular formula is C30H25N5O4S. The van der Waals surface area contributed by atoms with E-state index in [-0.39, 0.29) is 4.90 Å². The Morgan fingerprint density at radius 1 is 1.10 bits per heavy atom. The second-order valence-electron chi connectivity index (χ2n) is 9.73. The van der Waals surface area contributed by atoms with Gasteiger partial charge in [-0.25, -0.2) is 8.42 Å². The summed E-state index contributed by atoms with van der Waals surface area (Å²) < 4.78 is 29.0. The smallest absolute Gasteiger partial charge is 0.296 e. The third-order valence-corrected chi connectivity index (χ3v) is 8.87. The highest BCUT2D eigenvalue weighted by molar-refractivity contribution is 7.91. The minimum atomic E-state index is -4.48. The van der Waals surface area contributed by atoms with Crippen molar-refractivity contribution >= 4 is 9.84 Å². The number of sulfone groups is 1. The van der Waals surface area contributed by atoms with Gasteiger partial charge in [-0.3, -0.25) is 14.3 Å². The average molecular weight is 552 g/mol. The molecule has 40 heavy (non-hydrogen) atoms. The van der Waals surface area contributed by atoms with Crippen molar-refractivity contribution in [3.63, 3.8) is 0 Å². The summed E-state index contributed by atoms with van der Waals surface area (Å²) in [5, 5.41) is 30.3. The lowest BCUT2D eigenvalue weighted by Gasteiger charge is -2.25. The zero-order valence-electron chi connectivity index (χ0n) is 21.7. The molecule has 1 aliphatic rings. The first-order valence-electron chi connectivity index (χ1n) is 12.8. The molecule has 2 aromatic heterocycles. The maximum Gasteiger partial charge on any atom is 0.296 e. The first-order chi connectivity index (χ1) is 19.3. The van der Waals surface area contributed by atoms with E-state index in [9.17, 15) is 28.8 Å². The molecule has 0 radical (unpaired) electrons. The molecule has 4 aromatic rings. The van der Waals surface area contributed by atoms with Crippen LogP contribution in [0.4, 0.5) is 0 Å². The molecule has 10 heteroatoms. The fraction of sp³-hybridized carbons (Fsp3) is 0.233. The number of pyridine rings is 1. The van der Waals surface area contributed by atoms with Gasteiger partial charge < -0.3 is 5.11 Å². The molecule has 1 unspecified atom stereocenters. The highest BCUT2D eigenvalue weighted by atomic mass is 32.2. The molecule has 1 saturated carbocycles. The minimum Gasteiger partial charge on any atom is -0.493 e. The van der Waals surface area contributed by atoms with E-state index in [4.69, 9.17) is 0 Å². The van der Waals surface area contributed by atoms with Crippen molar-refractivity contribution in [3.8, 4) is 29.1 Å². The van der Waals surface area contributed by atoms with Gasteiger partial charge >= 0.3 is 0 Å². The molecule has 0 aliphatic heterocycles. The molecule has 0 amide bonds. The molecule has 5 rings (SSSR count). The lowest BCUT2D eigenvalue weighted by atomic mass is 10.0. The zero-order chi connectivity index (χ0) is 28.4.